The summed E-state index contributed by atoms with van der Waals surface area (Å²) in [6, 6.07) is 22.9. The lowest BCUT2D eigenvalue weighted by atomic mass is 10.1. The lowest BCUT2D eigenvalue weighted by molar-refractivity contribution is 0.623. The lowest BCUT2D eigenvalue weighted by Gasteiger charge is -2.08. The summed E-state index contributed by atoms with van der Waals surface area (Å²) in [7, 11) is 0. The van der Waals surface area contributed by atoms with Crippen LogP contribution in [-0.4, -0.2) is 12.4 Å². The third-order valence-electron chi connectivity index (χ3n) is 4.23. The number of thiophene rings is 1. The molecular weight excluding hydrogens is 338 g/mol. The maximum Gasteiger partial charge on any atom is 0.140 e. The van der Waals surface area contributed by atoms with Crippen molar-refractivity contribution in [3.05, 3.63) is 88.1 Å². The molecule has 26 heavy (non-hydrogen) atoms. The molecule has 3 rings (SSSR count). The molecule has 1 aromatic heterocycles. The zero-order valence-corrected chi connectivity index (χ0v) is 15.7. The van der Waals surface area contributed by atoms with Crippen LogP contribution in [-0.2, 0) is 13.0 Å². The molecule has 1 heterocycles. The van der Waals surface area contributed by atoms with Crippen molar-refractivity contribution in [1.29, 1.82) is 5.41 Å². The first-order chi connectivity index (χ1) is 12.8. The van der Waals surface area contributed by atoms with Crippen molar-refractivity contribution in [3.8, 4) is 0 Å². The van der Waals surface area contributed by atoms with Crippen molar-refractivity contribution in [2.24, 2.45) is 0 Å². The number of benzene rings is 2. The summed E-state index contributed by atoms with van der Waals surface area (Å²) in [6.07, 6.45) is 3.45. The average molecular weight is 364 g/mol. The predicted molar refractivity (Wildman–Crippen MR) is 112 cm³/mol. The fraction of sp³-hybridized carbons (Fsp3) is 0.227. The van der Waals surface area contributed by atoms with Crippen molar-refractivity contribution in [3.63, 3.8) is 0 Å². The molecule has 0 radical (unpaired) electrons. The van der Waals surface area contributed by atoms with Crippen LogP contribution in [0.5, 0.6) is 0 Å². The number of amidine groups is 1. The molecule has 0 unspecified atom stereocenters. The number of hydrogen-bond donors (Lipinski definition) is 3. The van der Waals surface area contributed by atoms with E-state index in [2.05, 4.69) is 65.2 Å². The summed E-state index contributed by atoms with van der Waals surface area (Å²) in [4.78, 5) is 0.956. The van der Waals surface area contributed by atoms with Crippen LogP contribution in [0.2, 0.25) is 0 Å². The van der Waals surface area contributed by atoms with Crippen LogP contribution in [0, 0.1) is 5.41 Å². The van der Waals surface area contributed by atoms with Gasteiger partial charge in [-0.3, -0.25) is 5.41 Å². The second kappa shape index (κ2) is 9.90. The Morgan fingerprint density at radius 1 is 0.846 bits per heavy atom. The summed E-state index contributed by atoms with van der Waals surface area (Å²) < 4.78 is 0. The molecule has 0 amide bonds. The van der Waals surface area contributed by atoms with E-state index in [9.17, 15) is 0 Å². The van der Waals surface area contributed by atoms with E-state index in [0.29, 0.717) is 5.84 Å². The number of rotatable bonds is 9. The molecule has 0 saturated heterocycles. The van der Waals surface area contributed by atoms with E-state index in [1.165, 1.54) is 24.0 Å². The fourth-order valence-corrected chi connectivity index (χ4v) is 3.42. The minimum absolute atomic E-state index is 0.456. The maximum absolute atomic E-state index is 8.07. The summed E-state index contributed by atoms with van der Waals surface area (Å²) in [5.41, 5.74) is 3.65. The first-order valence-corrected chi connectivity index (χ1v) is 9.92. The molecule has 0 aliphatic heterocycles. The first-order valence-electron chi connectivity index (χ1n) is 9.04. The number of unbranched alkanes of at least 4 members (excludes halogenated alkanes) is 1. The van der Waals surface area contributed by atoms with Gasteiger partial charge in [-0.2, -0.15) is 0 Å². The molecule has 0 fully saturated rings. The summed E-state index contributed by atoms with van der Waals surface area (Å²) in [5.74, 6) is 0.456. The highest BCUT2D eigenvalue weighted by Crippen LogP contribution is 2.15. The number of nitrogens with one attached hydrogen (secondary N) is 3. The summed E-state index contributed by atoms with van der Waals surface area (Å²) in [5, 5.41) is 16.7. The summed E-state index contributed by atoms with van der Waals surface area (Å²) in [6.45, 7) is 1.99. The van der Waals surface area contributed by atoms with Crippen molar-refractivity contribution < 1.29 is 0 Å². The molecule has 0 bridgehead atoms. The molecule has 0 saturated carbocycles. The highest BCUT2D eigenvalue weighted by molar-refractivity contribution is 7.12. The Hall–Kier alpha value is -2.43. The topological polar surface area (TPSA) is 47.9 Å². The standard InChI is InChI=1S/C22H25N3S/c23-22(21-10-6-16-26-21)25-20-13-11-18(12-14-20)7-4-5-15-24-17-19-8-2-1-3-9-19/h1-3,6,8-14,16,24H,4-5,7,15,17H2,(H2,23,25). The van der Waals surface area contributed by atoms with Crippen LogP contribution >= 0.6 is 11.3 Å². The Balaban J connectivity index is 1.33. The smallest absolute Gasteiger partial charge is 0.140 e. The van der Waals surface area contributed by atoms with Crippen LogP contribution in [0.15, 0.2) is 72.1 Å². The van der Waals surface area contributed by atoms with Gasteiger partial charge >= 0.3 is 0 Å². The van der Waals surface area contributed by atoms with Crippen molar-refractivity contribution in [2.45, 2.75) is 25.8 Å². The zero-order chi connectivity index (χ0) is 18.0. The molecule has 3 N–H and O–H groups in total. The lowest BCUT2D eigenvalue weighted by Crippen LogP contribution is -2.14. The van der Waals surface area contributed by atoms with Crippen LogP contribution in [0.25, 0.3) is 0 Å². The molecule has 0 aliphatic carbocycles. The zero-order valence-electron chi connectivity index (χ0n) is 14.9. The second-order valence-corrected chi connectivity index (χ2v) is 7.24. The quantitative estimate of drug-likeness (QED) is 0.274. The van der Waals surface area contributed by atoms with Crippen LogP contribution in [0.3, 0.4) is 0 Å². The number of anilines is 1. The van der Waals surface area contributed by atoms with Gasteiger partial charge in [0, 0.05) is 12.2 Å². The summed E-state index contributed by atoms with van der Waals surface area (Å²) >= 11 is 1.58. The molecule has 134 valence electrons. The Morgan fingerprint density at radius 3 is 2.38 bits per heavy atom. The third kappa shape index (κ3) is 5.83. The highest BCUT2D eigenvalue weighted by atomic mass is 32.1. The van der Waals surface area contributed by atoms with Gasteiger partial charge in [0.15, 0.2) is 0 Å². The third-order valence-corrected chi connectivity index (χ3v) is 5.12. The van der Waals surface area contributed by atoms with Gasteiger partial charge in [0.05, 0.1) is 4.88 Å². The SMILES string of the molecule is N=C(Nc1ccc(CCCCNCc2ccccc2)cc1)c1cccs1. The highest BCUT2D eigenvalue weighted by Gasteiger charge is 2.02. The van der Waals surface area contributed by atoms with Gasteiger partial charge in [-0.25, -0.2) is 0 Å². The van der Waals surface area contributed by atoms with Gasteiger partial charge in [0.2, 0.25) is 0 Å². The second-order valence-electron chi connectivity index (χ2n) is 6.29. The molecule has 0 atom stereocenters. The van der Waals surface area contributed by atoms with E-state index >= 15 is 0 Å². The minimum Gasteiger partial charge on any atom is -0.340 e. The van der Waals surface area contributed by atoms with Gasteiger partial charge < -0.3 is 10.6 Å². The molecule has 2 aromatic carbocycles. The van der Waals surface area contributed by atoms with Gasteiger partial charge in [0.1, 0.15) is 5.84 Å². The van der Waals surface area contributed by atoms with Crippen LogP contribution < -0.4 is 10.6 Å². The van der Waals surface area contributed by atoms with Gasteiger partial charge in [-0.1, -0.05) is 48.5 Å². The molecule has 0 aliphatic rings. The molecular formula is C22H25N3S. The van der Waals surface area contributed by atoms with E-state index in [1.807, 2.05) is 17.5 Å². The Morgan fingerprint density at radius 2 is 1.65 bits per heavy atom. The minimum atomic E-state index is 0.456. The molecule has 3 nitrogen and oxygen atoms in total. The monoisotopic (exact) mass is 363 g/mol. The van der Waals surface area contributed by atoms with Crippen LogP contribution in [0.1, 0.15) is 28.8 Å². The average Bonchev–Trinajstić information content (AvgIpc) is 3.22. The van der Waals surface area contributed by atoms with Gasteiger partial charge in [-0.05, 0) is 60.5 Å². The molecule has 3 aromatic rings. The van der Waals surface area contributed by atoms with Gasteiger partial charge in [0.25, 0.3) is 0 Å². The largest absolute Gasteiger partial charge is 0.340 e. The Kier molecular flexibility index (Phi) is 6.99. The number of aryl methyl sites for hydroxylation is 1. The Bertz CT molecular complexity index is 780. The Labute approximate surface area is 159 Å². The number of hydrogen-bond acceptors (Lipinski definition) is 3. The first kappa shape index (κ1) is 18.4. The van der Waals surface area contributed by atoms with Crippen molar-refractivity contribution in [2.75, 3.05) is 11.9 Å². The van der Waals surface area contributed by atoms with E-state index in [4.69, 9.17) is 5.41 Å². The van der Waals surface area contributed by atoms with E-state index in [1.54, 1.807) is 11.3 Å². The molecule has 4 heteroatoms. The van der Waals surface area contributed by atoms with E-state index in [0.717, 1.165) is 30.1 Å². The van der Waals surface area contributed by atoms with Crippen molar-refractivity contribution in [1.82, 2.24) is 5.32 Å². The van der Waals surface area contributed by atoms with E-state index < -0.39 is 0 Å². The fourth-order valence-electron chi connectivity index (χ4n) is 2.79. The molecule has 0 spiro atoms. The normalized spacial score (nSPS) is 10.6. The van der Waals surface area contributed by atoms with Crippen molar-refractivity contribution >= 4 is 22.9 Å². The van der Waals surface area contributed by atoms with Crippen LogP contribution in [0.4, 0.5) is 5.69 Å². The van der Waals surface area contributed by atoms with E-state index in [-0.39, 0.29) is 0 Å². The van der Waals surface area contributed by atoms with Gasteiger partial charge in [-0.15, -0.1) is 11.3 Å². The maximum atomic E-state index is 8.07. The predicted octanol–water partition coefficient (Wildman–Crippen LogP) is 5.30.